The quantitative estimate of drug-likeness (QED) is 0.898. The minimum Gasteiger partial charge on any atom is -0.476 e. The summed E-state index contributed by atoms with van der Waals surface area (Å²) in [4.78, 5) is 14.5. The van der Waals surface area contributed by atoms with E-state index in [9.17, 15) is 9.18 Å². The average molecular weight is 258 g/mol. The summed E-state index contributed by atoms with van der Waals surface area (Å²) in [6.45, 7) is 0. The summed E-state index contributed by atoms with van der Waals surface area (Å²) in [6, 6.07) is 6.00. The summed E-state index contributed by atoms with van der Waals surface area (Å²) < 4.78 is 13.4. The number of thiazole rings is 1. The second-order valence-corrected chi connectivity index (χ2v) is 4.53. The van der Waals surface area contributed by atoms with E-state index in [4.69, 9.17) is 16.7 Å². The molecule has 2 aromatic rings. The molecule has 82 valence electrons. The molecule has 1 aromatic carbocycles. The third-order valence-corrected chi connectivity index (χ3v) is 3.18. The Balaban J connectivity index is 2.54. The van der Waals surface area contributed by atoms with Crippen LogP contribution >= 0.6 is 22.9 Å². The first-order valence-electron chi connectivity index (χ1n) is 4.24. The fourth-order valence-electron chi connectivity index (χ4n) is 1.18. The summed E-state index contributed by atoms with van der Waals surface area (Å²) in [6.07, 6.45) is 0. The number of hydrogen-bond donors (Lipinski definition) is 1. The smallest absolute Gasteiger partial charge is 0.356 e. The van der Waals surface area contributed by atoms with E-state index in [1.165, 1.54) is 12.1 Å². The highest BCUT2D eigenvalue weighted by Crippen LogP contribution is 2.32. The summed E-state index contributed by atoms with van der Waals surface area (Å²) in [5.41, 5.74) is 0.00631. The lowest BCUT2D eigenvalue weighted by atomic mass is 10.2. The molecule has 0 aliphatic rings. The molecule has 0 saturated heterocycles. The Bertz CT molecular complexity index is 556. The standard InChI is InChI=1S/C10H5ClFNO2S/c11-8-7(10(14)15)13-9(16-8)5-3-1-2-4-6(5)12/h1-4H,(H,14,15). The van der Waals surface area contributed by atoms with Crippen molar-refractivity contribution in [3.8, 4) is 10.6 Å². The molecule has 0 atom stereocenters. The molecule has 3 nitrogen and oxygen atoms in total. The number of benzene rings is 1. The predicted octanol–water partition coefficient (Wildman–Crippen LogP) is 3.30. The highest BCUT2D eigenvalue weighted by Gasteiger charge is 2.18. The van der Waals surface area contributed by atoms with Gasteiger partial charge in [-0.25, -0.2) is 14.2 Å². The zero-order valence-corrected chi connectivity index (χ0v) is 9.35. The van der Waals surface area contributed by atoms with Crippen molar-refractivity contribution >= 4 is 28.9 Å². The van der Waals surface area contributed by atoms with Crippen molar-refractivity contribution in [2.75, 3.05) is 0 Å². The van der Waals surface area contributed by atoms with Gasteiger partial charge in [0.05, 0.1) is 0 Å². The van der Waals surface area contributed by atoms with Gasteiger partial charge in [0.2, 0.25) is 0 Å². The van der Waals surface area contributed by atoms with Gasteiger partial charge in [-0.05, 0) is 12.1 Å². The molecule has 0 aliphatic heterocycles. The molecular formula is C10H5ClFNO2S. The molecule has 0 aliphatic carbocycles. The van der Waals surface area contributed by atoms with Crippen LogP contribution in [0.2, 0.25) is 4.34 Å². The molecule has 0 fully saturated rings. The third kappa shape index (κ3) is 1.91. The topological polar surface area (TPSA) is 50.2 Å². The lowest BCUT2D eigenvalue weighted by Gasteiger charge is -1.96. The van der Waals surface area contributed by atoms with Gasteiger partial charge in [0, 0.05) is 5.56 Å². The minimum absolute atomic E-state index is 0.0470. The maximum Gasteiger partial charge on any atom is 0.356 e. The maximum atomic E-state index is 13.4. The van der Waals surface area contributed by atoms with E-state index in [-0.39, 0.29) is 20.6 Å². The van der Waals surface area contributed by atoms with Crippen LogP contribution in [0.3, 0.4) is 0 Å². The van der Waals surface area contributed by atoms with Crippen molar-refractivity contribution < 1.29 is 14.3 Å². The minimum atomic E-state index is -1.22. The van der Waals surface area contributed by atoms with Crippen LogP contribution in [0.25, 0.3) is 10.6 Å². The fraction of sp³-hybridized carbons (Fsp3) is 0. The Hall–Kier alpha value is -1.46. The summed E-state index contributed by atoms with van der Waals surface area (Å²) in [5.74, 6) is -1.67. The molecule has 0 spiro atoms. The highest BCUT2D eigenvalue weighted by atomic mass is 35.5. The number of carboxylic acid groups (broad SMARTS) is 1. The number of aromatic nitrogens is 1. The first-order valence-corrected chi connectivity index (χ1v) is 5.43. The zero-order valence-electron chi connectivity index (χ0n) is 7.78. The monoisotopic (exact) mass is 257 g/mol. The largest absolute Gasteiger partial charge is 0.476 e. The Labute approximate surface area is 99.1 Å². The van der Waals surface area contributed by atoms with E-state index < -0.39 is 11.8 Å². The van der Waals surface area contributed by atoms with Crippen molar-refractivity contribution in [3.63, 3.8) is 0 Å². The third-order valence-electron chi connectivity index (χ3n) is 1.89. The molecule has 0 amide bonds. The van der Waals surface area contributed by atoms with Gasteiger partial charge in [0.15, 0.2) is 5.69 Å². The Kier molecular flexibility index (Phi) is 2.89. The number of hydrogen-bond acceptors (Lipinski definition) is 3. The van der Waals surface area contributed by atoms with Crippen LogP contribution in [0.15, 0.2) is 24.3 Å². The van der Waals surface area contributed by atoms with Crippen LogP contribution < -0.4 is 0 Å². The molecule has 1 heterocycles. The van der Waals surface area contributed by atoms with E-state index in [0.717, 1.165) is 11.3 Å². The van der Waals surface area contributed by atoms with Gasteiger partial charge in [-0.15, -0.1) is 11.3 Å². The number of halogens is 2. The molecule has 0 unspecified atom stereocenters. The second kappa shape index (κ2) is 4.19. The summed E-state index contributed by atoms with van der Waals surface area (Å²) in [5, 5.41) is 9.03. The van der Waals surface area contributed by atoms with Gasteiger partial charge in [0.1, 0.15) is 15.2 Å². The van der Waals surface area contributed by atoms with Crippen LogP contribution in [0.5, 0.6) is 0 Å². The van der Waals surface area contributed by atoms with Gasteiger partial charge in [0.25, 0.3) is 0 Å². The van der Waals surface area contributed by atoms with Crippen molar-refractivity contribution in [2.45, 2.75) is 0 Å². The van der Waals surface area contributed by atoms with E-state index >= 15 is 0 Å². The number of nitrogens with zero attached hydrogens (tertiary/aromatic N) is 1. The first-order chi connectivity index (χ1) is 7.59. The molecule has 6 heteroatoms. The SMILES string of the molecule is O=C(O)c1nc(-c2ccccc2F)sc1Cl. The molecule has 16 heavy (non-hydrogen) atoms. The fourth-order valence-corrected chi connectivity index (χ4v) is 2.34. The van der Waals surface area contributed by atoms with Crippen LogP contribution in [-0.2, 0) is 0 Å². The molecule has 2 rings (SSSR count). The summed E-state index contributed by atoms with van der Waals surface area (Å²) in [7, 11) is 0. The highest BCUT2D eigenvalue weighted by molar-refractivity contribution is 7.19. The first kappa shape index (κ1) is 11.0. The average Bonchev–Trinajstić information content (AvgIpc) is 2.61. The predicted molar refractivity (Wildman–Crippen MR) is 59.5 cm³/mol. The number of carboxylic acids is 1. The lowest BCUT2D eigenvalue weighted by molar-refractivity contribution is 0.0691. The lowest BCUT2D eigenvalue weighted by Crippen LogP contribution is -1.97. The zero-order chi connectivity index (χ0) is 11.7. The van der Waals surface area contributed by atoms with Crippen LogP contribution in [0.1, 0.15) is 10.5 Å². The normalized spacial score (nSPS) is 10.4. The Morgan fingerprint density at radius 3 is 2.69 bits per heavy atom. The Morgan fingerprint density at radius 2 is 2.12 bits per heavy atom. The van der Waals surface area contributed by atoms with Gasteiger partial charge in [-0.3, -0.25) is 0 Å². The molecule has 0 saturated carbocycles. The van der Waals surface area contributed by atoms with Crippen LogP contribution in [0.4, 0.5) is 4.39 Å². The molecule has 1 N–H and O–H groups in total. The van der Waals surface area contributed by atoms with Gasteiger partial charge in [-0.1, -0.05) is 23.7 Å². The number of aromatic carboxylic acids is 1. The molecule has 0 radical (unpaired) electrons. The van der Waals surface area contributed by atoms with Crippen molar-refractivity contribution in [2.24, 2.45) is 0 Å². The maximum absolute atomic E-state index is 13.4. The Morgan fingerprint density at radius 1 is 1.44 bits per heavy atom. The summed E-state index contributed by atoms with van der Waals surface area (Å²) >= 11 is 6.64. The molecular weight excluding hydrogens is 253 g/mol. The van der Waals surface area contributed by atoms with E-state index in [0.29, 0.717) is 0 Å². The van der Waals surface area contributed by atoms with Crippen LogP contribution in [-0.4, -0.2) is 16.1 Å². The van der Waals surface area contributed by atoms with Crippen molar-refractivity contribution in [1.29, 1.82) is 0 Å². The van der Waals surface area contributed by atoms with Gasteiger partial charge < -0.3 is 5.11 Å². The molecule has 0 bridgehead atoms. The second-order valence-electron chi connectivity index (χ2n) is 2.93. The van der Waals surface area contributed by atoms with Crippen molar-refractivity contribution in [3.05, 3.63) is 40.1 Å². The molecule has 1 aromatic heterocycles. The number of rotatable bonds is 2. The van der Waals surface area contributed by atoms with E-state index in [1.54, 1.807) is 12.1 Å². The van der Waals surface area contributed by atoms with Crippen molar-refractivity contribution in [1.82, 2.24) is 4.98 Å². The number of carbonyl (C=O) groups is 1. The van der Waals surface area contributed by atoms with Gasteiger partial charge in [-0.2, -0.15) is 0 Å². The van der Waals surface area contributed by atoms with Gasteiger partial charge >= 0.3 is 5.97 Å². The van der Waals surface area contributed by atoms with Crippen LogP contribution in [0, 0.1) is 5.82 Å². The van der Waals surface area contributed by atoms with E-state index in [1.807, 2.05) is 0 Å². The van der Waals surface area contributed by atoms with E-state index in [2.05, 4.69) is 4.98 Å².